The van der Waals surface area contributed by atoms with Crippen LogP contribution in [0.2, 0.25) is 0 Å². The molecule has 0 aliphatic carbocycles. The van der Waals surface area contributed by atoms with Gasteiger partial charge in [-0.05, 0) is 18.5 Å². The monoisotopic (exact) mass is 231 g/mol. The van der Waals surface area contributed by atoms with E-state index in [1.165, 1.54) is 16.6 Å². The van der Waals surface area contributed by atoms with Crippen molar-refractivity contribution in [2.24, 2.45) is 11.7 Å². The van der Waals surface area contributed by atoms with Gasteiger partial charge in [-0.1, -0.05) is 31.5 Å². The highest BCUT2D eigenvalue weighted by Crippen LogP contribution is 2.26. The lowest BCUT2D eigenvalue weighted by Gasteiger charge is -2.23. The predicted molar refractivity (Wildman–Crippen MR) is 74.4 cm³/mol. The van der Waals surface area contributed by atoms with Crippen molar-refractivity contribution in [2.45, 2.75) is 13.3 Å². The number of nitrogens with one attached hydrogen (secondary N) is 1. The largest absolute Gasteiger partial charge is 0.373 e. The lowest BCUT2D eigenvalue weighted by atomic mass is 10.1. The Kier molecular flexibility index (Phi) is 3.69. The number of aromatic amines is 1. The van der Waals surface area contributed by atoms with Crippen molar-refractivity contribution in [1.29, 1.82) is 0 Å². The summed E-state index contributed by atoms with van der Waals surface area (Å²) in [6, 6.07) is 8.39. The first-order chi connectivity index (χ1) is 8.26. The molecule has 0 saturated carbocycles. The topological polar surface area (TPSA) is 45.0 Å². The van der Waals surface area contributed by atoms with E-state index in [2.05, 4.69) is 54.3 Å². The number of hydrogen-bond donors (Lipinski definition) is 2. The average Bonchev–Trinajstić information content (AvgIpc) is 2.79. The summed E-state index contributed by atoms with van der Waals surface area (Å²) in [6.45, 7) is 3.96. The maximum Gasteiger partial charge on any atom is 0.0621 e. The van der Waals surface area contributed by atoms with Gasteiger partial charge in [0.2, 0.25) is 0 Å². The molecule has 3 nitrogen and oxygen atoms in total. The maximum absolute atomic E-state index is 5.76. The zero-order valence-electron chi connectivity index (χ0n) is 10.6. The number of fused-ring (bicyclic) bond motifs is 1. The average molecular weight is 231 g/mol. The summed E-state index contributed by atoms with van der Waals surface area (Å²) in [7, 11) is 2.13. The summed E-state index contributed by atoms with van der Waals surface area (Å²) >= 11 is 0. The quantitative estimate of drug-likeness (QED) is 0.830. The van der Waals surface area contributed by atoms with Crippen LogP contribution in [0.5, 0.6) is 0 Å². The molecule has 92 valence electrons. The Hall–Kier alpha value is -1.48. The Labute approximate surface area is 103 Å². The van der Waals surface area contributed by atoms with Gasteiger partial charge >= 0.3 is 0 Å². The molecule has 1 aromatic heterocycles. The van der Waals surface area contributed by atoms with Crippen molar-refractivity contribution in [1.82, 2.24) is 4.98 Å². The highest BCUT2D eigenvalue weighted by molar-refractivity contribution is 5.92. The molecule has 17 heavy (non-hydrogen) atoms. The molecule has 0 radical (unpaired) electrons. The first-order valence-electron chi connectivity index (χ1n) is 6.23. The number of nitrogens with two attached hydrogens (primary N) is 1. The van der Waals surface area contributed by atoms with Gasteiger partial charge in [-0.15, -0.1) is 0 Å². The van der Waals surface area contributed by atoms with E-state index in [0.29, 0.717) is 5.92 Å². The fourth-order valence-electron chi connectivity index (χ4n) is 2.23. The summed E-state index contributed by atoms with van der Waals surface area (Å²) in [5.74, 6) is 0.564. The molecule has 1 aromatic carbocycles. The number of anilines is 1. The number of nitrogens with zero attached hydrogens (tertiary/aromatic N) is 1. The third-order valence-corrected chi connectivity index (χ3v) is 3.42. The van der Waals surface area contributed by atoms with Crippen LogP contribution in [-0.2, 0) is 0 Å². The number of rotatable bonds is 5. The molecule has 0 aliphatic heterocycles. The van der Waals surface area contributed by atoms with E-state index in [1.807, 2.05) is 0 Å². The van der Waals surface area contributed by atoms with Gasteiger partial charge in [-0.2, -0.15) is 0 Å². The Morgan fingerprint density at radius 2 is 2.12 bits per heavy atom. The first-order valence-corrected chi connectivity index (χ1v) is 6.23. The van der Waals surface area contributed by atoms with Crippen LogP contribution in [0.3, 0.4) is 0 Å². The van der Waals surface area contributed by atoms with E-state index >= 15 is 0 Å². The summed E-state index contributed by atoms with van der Waals surface area (Å²) in [5.41, 5.74) is 8.21. The Balaban J connectivity index is 2.21. The summed E-state index contributed by atoms with van der Waals surface area (Å²) in [6.07, 6.45) is 3.21. The zero-order chi connectivity index (χ0) is 12.3. The van der Waals surface area contributed by atoms with Crippen molar-refractivity contribution in [3.63, 3.8) is 0 Å². The summed E-state index contributed by atoms with van der Waals surface area (Å²) < 4.78 is 0. The summed E-state index contributed by atoms with van der Waals surface area (Å²) in [4.78, 5) is 5.60. The molecule has 3 N–H and O–H groups in total. The van der Waals surface area contributed by atoms with Crippen LogP contribution in [0, 0.1) is 5.92 Å². The fourth-order valence-corrected chi connectivity index (χ4v) is 2.23. The van der Waals surface area contributed by atoms with Crippen molar-refractivity contribution >= 4 is 16.6 Å². The normalized spacial score (nSPS) is 12.9. The van der Waals surface area contributed by atoms with Crippen LogP contribution in [0.1, 0.15) is 13.3 Å². The van der Waals surface area contributed by atoms with Gasteiger partial charge in [-0.3, -0.25) is 0 Å². The van der Waals surface area contributed by atoms with Crippen molar-refractivity contribution in [3.05, 3.63) is 30.5 Å². The van der Waals surface area contributed by atoms with Gasteiger partial charge < -0.3 is 15.6 Å². The van der Waals surface area contributed by atoms with E-state index in [9.17, 15) is 0 Å². The molecule has 1 unspecified atom stereocenters. The van der Waals surface area contributed by atoms with Gasteiger partial charge in [0.1, 0.15) is 0 Å². The van der Waals surface area contributed by atoms with E-state index in [4.69, 9.17) is 5.73 Å². The number of benzene rings is 1. The minimum atomic E-state index is 0.564. The minimum Gasteiger partial charge on any atom is -0.373 e. The standard InChI is InChI=1S/C14H21N3/c1-3-11(8-15)10-17(2)14-9-16-13-7-5-4-6-12(13)14/h4-7,9,11,16H,3,8,10,15H2,1-2H3. The molecule has 0 bridgehead atoms. The van der Waals surface area contributed by atoms with Crippen LogP contribution in [0.4, 0.5) is 5.69 Å². The van der Waals surface area contributed by atoms with Gasteiger partial charge in [0.25, 0.3) is 0 Å². The van der Waals surface area contributed by atoms with Crippen LogP contribution in [0.15, 0.2) is 30.5 Å². The lowest BCUT2D eigenvalue weighted by Crippen LogP contribution is -2.29. The molecule has 1 atom stereocenters. The second-order valence-corrected chi connectivity index (χ2v) is 4.61. The number of hydrogen-bond acceptors (Lipinski definition) is 2. The van der Waals surface area contributed by atoms with E-state index in [0.717, 1.165) is 19.5 Å². The third kappa shape index (κ3) is 2.44. The Morgan fingerprint density at radius 3 is 2.82 bits per heavy atom. The van der Waals surface area contributed by atoms with Crippen molar-refractivity contribution in [3.8, 4) is 0 Å². The molecular formula is C14H21N3. The number of aromatic nitrogens is 1. The smallest absolute Gasteiger partial charge is 0.0621 e. The van der Waals surface area contributed by atoms with E-state index < -0.39 is 0 Å². The highest BCUT2D eigenvalue weighted by atomic mass is 15.1. The molecular weight excluding hydrogens is 210 g/mol. The van der Waals surface area contributed by atoms with Crippen LogP contribution in [-0.4, -0.2) is 25.1 Å². The van der Waals surface area contributed by atoms with E-state index in [1.54, 1.807) is 0 Å². The zero-order valence-corrected chi connectivity index (χ0v) is 10.6. The SMILES string of the molecule is CCC(CN)CN(C)c1c[nH]c2ccccc12. The Morgan fingerprint density at radius 1 is 1.35 bits per heavy atom. The van der Waals surface area contributed by atoms with Crippen LogP contribution in [0.25, 0.3) is 10.9 Å². The lowest BCUT2D eigenvalue weighted by molar-refractivity contribution is 0.521. The molecule has 2 aromatic rings. The molecule has 0 spiro atoms. The third-order valence-electron chi connectivity index (χ3n) is 3.42. The molecule has 0 saturated heterocycles. The molecule has 2 rings (SSSR count). The van der Waals surface area contributed by atoms with Crippen LogP contribution >= 0.6 is 0 Å². The van der Waals surface area contributed by atoms with Crippen molar-refractivity contribution < 1.29 is 0 Å². The maximum atomic E-state index is 5.76. The summed E-state index contributed by atoms with van der Waals surface area (Å²) in [5, 5.41) is 1.28. The van der Waals surface area contributed by atoms with E-state index in [-0.39, 0.29) is 0 Å². The second kappa shape index (κ2) is 5.23. The molecule has 0 fully saturated rings. The van der Waals surface area contributed by atoms with Gasteiger partial charge in [-0.25, -0.2) is 0 Å². The van der Waals surface area contributed by atoms with Gasteiger partial charge in [0, 0.05) is 30.7 Å². The molecule has 3 heteroatoms. The molecule has 0 aliphatic rings. The molecule has 1 heterocycles. The fraction of sp³-hybridized carbons (Fsp3) is 0.429. The first kappa shape index (κ1) is 12.0. The second-order valence-electron chi connectivity index (χ2n) is 4.61. The highest BCUT2D eigenvalue weighted by Gasteiger charge is 2.11. The Bertz CT molecular complexity index is 471. The minimum absolute atomic E-state index is 0.564. The predicted octanol–water partition coefficient (Wildman–Crippen LogP) is 2.59. The van der Waals surface area contributed by atoms with Crippen LogP contribution < -0.4 is 10.6 Å². The number of H-pyrrole nitrogens is 1. The van der Waals surface area contributed by atoms with Crippen molar-refractivity contribution in [2.75, 3.05) is 25.0 Å². The van der Waals surface area contributed by atoms with Gasteiger partial charge in [0.15, 0.2) is 0 Å². The molecule has 0 amide bonds. The number of para-hydroxylation sites is 1. The van der Waals surface area contributed by atoms with Gasteiger partial charge in [0.05, 0.1) is 5.69 Å².